The summed E-state index contributed by atoms with van der Waals surface area (Å²) in [6.07, 6.45) is 0.995. The van der Waals surface area contributed by atoms with E-state index < -0.39 is 15.2 Å². The van der Waals surface area contributed by atoms with Crippen LogP contribution in [0, 0.1) is 0 Å². The molecule has 1 aromatic carbocycles. The summed E-state index contributed by atoms with van der Waals surface area (Å²) in [5.41, 5.74) is 1.64. The molecule has 0 bridgehead atoms. The van der Waals surface area contributed by atoms with Gasteiger partial charge in [-0.2, -0.15) is 0 Å². The normalized spacial score (nSPS) is 16.3. The fourth-order valence-corrected chi connectivity index (χ4v) is 5.26. The molecule has 134 valence electrons. The molecular weight excluding hydrogens is 374 g/mol. The van der Waals surface area contributed by atoms with Gasteiger partial charge in [-0.05, 0) is 36.8 Å². The predicted molar refractivity (Wildman–Crippen MR) is 98.4 cm³/mol. The molecule has 3 aromatic rings. The lowest BCUT2D eigenvalue weighted by atomic mass is 10.3. The van der Waals surface area contributed by atoms with Gasteiger partial charge in [0.1, 0.15) is 5.15 Å². The molecule has 8 heteroatoms. The number of sulfone groups is 1. The quantitative estimate of drug-likeness (QED) is 0.694. The Hall–Kier alpha value is -2.38. The Labute approximate surface area is 155 Å². The molecule has 3 heterocycles. The van der Waals surface area contributed by atoms with Crippen LogP contribution in [0.1, 0.15) is 23.9 Å². The lowest BCUT2D eigenvalue weighted by Crippen LogP contribution is -2.35. The summed E-state index contributed by atoms with van der Waals surface area (Å²) in [6, 6.07) is 13.2. The van der Waals surface area contributed by atoms with Gasteiger partial charge in [-0.3, -0.25) is 4.79 Å². The minimum absolute atomic E-state index is 0.167. The van der Waals surface area contributed by atoms with Crippen LogP contribution in [0.3, 0.4) is 0 Å². The van der Waals surface area contributed by atoms with Crippen LogP contribution in [0.4, 0.5) is 0 Å². The Bertz CT molecular complexity index is 1080. The highest BCUT2D eigenvalue weighted by Gasteiger charge is 2.40. The summed E-state index contributed by atoms with van der Waals surface area (Å²) in [6.45, 7) is 0.402. The molecule has 0 radical (unpaired) electrons. The highest BCUT2D eigenvalue weighted by atomic mass is 35.5. The number of nitrogens with one attached hydrogen (secondary N) is 1. The Kier molecular flexibility index (Phi) is 4.20. The van der Waals surface area contributed by atoms with Crippen molar-refractivity contribution in [3.8, 4) is 0 Å². The van der Waals surface area contributed by atoms with E-state index in [1.165, 1.54) is 4.90 Å². The molecule has 4 rings (SSSR count). The van der Waals surface area contributed by atoms with Gasteiger partial charge < -0.3 is 9.88 Å². The minimum Gasteiger partial charge on any atom is -0.354 e. The summed E-state index contributed by atoms with van der Waals surface area (Å²) in [7, 11) is -3.82. The largest absolute Gasteiger partial charge is 0.354 e. The number of benzene rings is 1. The lowest BCUT2D eigenvalue weighted by Gasteiger charge is -2.27. The van der Waals surface area contributed by atoms with Crippen LogP contribution in [-0.2, 0) is 14.6 Å². The van der Waals surface area contributed by atoms with Gasteiger partial charge in [0.05, 0.1) is 21.6 Å². The van der Waals surface area contributed by atoms with E-state index in [2.05, 4.69) is 9.97 Å². The number of carbonyl (C=O) groups is 1. The molecule has 6 nitrogen and oxygen atoms in total. The number of pyridine rings is 1. The first-order valence-corrected chi connectivity index (χ1v) is 10.1. The number of likely N-dealkylation sites (tertiary alicyclic amines) is 1. The smallest absolute Gasteiger partial charge is 0.224 e. The fraction of sp³-hybridized carbons (Fsp3) is 0.222. The van der Waals surface area contributed by atoms with E-state index in [0.717, 1.165) is 0 Å². The van der Waals surface area contributed by atoms with Crippen LogP contribution in [0.5, 0.6) is 0 Å². The van der Waals surface area contributed by atoms with E-state index in [-0.39, 0.29) is 10.8 Å². The van der Waals surface area contributed by atoms with Gasteiger partial charge in [0.25, 0.3) is 0 Å². The fourth-order valence-electron chi connectivity index (χ4n) is 3.30. The minimum atomic E-state index is -3.82. The molecule has 1 aliphatic heterocycles. The molecule has 1 atom stereocenters. The zero-order valence-electron chi connectivity index (χ0n) is 13.7. The first-order valence-electron chi connectivity index (χ1n) is 8.20. The monoisotopic (exact) mass is 389 g/mol. The topological polar surface area (TPSA) is 83.1 Å². The van der Waals surface area contributed by atoms with Crippen molar-refractivity contribution in [3.63, 3.8) is 0 Å². The Morgan fingerprint density at radius 1 is 1.15 bits per heavy atom. The van der Waals surface area contributed by atoms with Gasteiger partial charge in [0.15, 0.2) is 5.37 Å². The number of rotatable bonds is 4. The molecule has 2 aromatic heterocycles. The molecule has 26 heavy (non-hydrogen) atoms. The third-order valence-electron chi connectivity index (χ3n) is 4.49. The van der Waals surface area contributed by atoms with Gasteiger partial charge in [-0.25, -0.2) is 13.4 Å². The van der Waals surface area contributed by atoms with Crippen LogP contribution in [-0.4, -0.2) is 35.7 Å². The number of nitrogens with zero attached hydrogens (tertiary/aromatic N) is 2. The van der Waals surface area contributed by atoms with Crippen molar-refractivity contribution < 1.29 is 13.2 Å². The maximum absolute atomic E-state index is 13.3. The first-order chi connectivity index (χ1) is 12.5. The predicted octanol–water partition coefficient (Wildman–Crippen LogP) is 3.31. The third kappa shape index (κ3) is 2.87. The highest BCUT2D eigenvalue weighted by Crippen LogP contribution is 2.35. The van der Waals surface area contributed by atoms with Gasteiger partial charge in [0, 0.05) is 13.0 Å². The average Bonchev–Trinajstić information content (AvgIpc) is 3.22. The van der Waals surface area contributed by atoms with Gasteiger partial charge >= 0.3 is 0 Å². The number of aromatic amines is 1. The molecule has 1 aliphatic rings. The summed E-state index contributed by atoms with van der Waals surface area (Å²) in [5, 5.41) is -0.796. The van der Waals surface area contributed by atoms with Gasteiger partial charge in [0.2, 0.25) is 15.7 Å². The highest BCUT2D eigenvalue weighted by molar-refractivity contribution is 7.91. The van der Waals surface area contributed by atoms with Crippen molar-refractivity contribution in [1.82, 2.24) is 14.9 Å². The van der Waals surface area contributed by atoms with Crippen LogP contribution < -0.4 is 0 Å². The molecule has 0 aliphatic carbocycles. The summed E-state index contributed by atoms with van der Waals surface area (Å²) in [5.74, 6) is -0.167. The van der Waals surface area contributed by atoms with Crippen molar-refractivity contribution in [2.45, 2.75) is 23.1 Å². The second-order valence-electron chi connectivity index (χ2n) is 6.19. The number of carbonyl (C=O) groups excluding carboxylic acids is 1. The molecule has 1 fully saturated rings. The lowest BCUT2D eigenvalue weighted by molar-refractivity contribution is -0.128. The molecule has 1 unspecified atom stereocenters. The maximum Gasteiger partial charge on any atom is 0.224 e. The van der Waals surface area contributed by atoms with E-state index in [4.69, 9.17) is 11.6 Å². The standard InChI is InChI=1S/C18H16ClN3O3S/c19-16-9-8-13-14(21-16)11-15(20-13)18(22-10-4-7-17(22)23)26(24,25)12-5-2-1-3-6-12/h1-3,5-6,8-9,11,18,20H,4,7,10H2. The number of halogens is 1. The molecule has 1 N–H and O–H groups in total. The average molecular weight is 390 g/mol. The molecular formula is C18H16ClN3O3S. The molecule has 0 saturated carbocycles. The first kappa shape index (κ1) is 17.1. The summed E-state index contributed by atoms with van der Waals surface area (Å²) in [4.78, 5) is 21.3. The van der Waals surface area contributed by atoms with Gasteiger partial charge in [-0.1, -0.05) is 29.8 Å². The number of hydrogen-bond acceptors (Lipinski definition) is 4. The van der Waals surface area contributed by atoms with Crippen molar-refractivity contribution >= 4 is 38.4 Å². The van der Waals surface area contributed by atoms with E-state index in [1.54, 1.807) is 48.5 Å². The second kappa shape index (κ2) is 6.41. The van der Waals surface area contributed by atoms with Crippen molar-refractivity contribution in [1.29, 1.82) is 0 Å². The molecule has 0 spiro atoms. The van der Waals surface area contributed by atoms with Crippen LogP contribution >= 0.6 is 11.6 Å². The Balaban J connectivity index is 1.89. The van der Waals surface area contributed by atoms with E-state index in [0.29, 0.717) is 41.3 Å². The molecule has 1 saturated heterocycles. The number of fused-ring (bicyclic) bond motifs is 1. The molecule has 1 amide bonds. The SMILES string of the molecule is O=C1CCCN1C(c1cc2nc(Cl)ccc2[nH]1)S(=O)(=O)c1ccccc1. The number of amides is 1. The van der Waals surface area contributed by atoms with E-state index >= 15 is 0 Å². The van der Waals surface area contributed by atoms with E-state index in [1.807, 2.05) is 0 Å². The van der Waals surface area contributed by atoms with Crippen LogP contribution in [0.15, 0.2) is 53.4 Å². The van der Waals surface area contributed by atoms with Crippen molar-refractivity contribution in [2.75, 3.05) is 6.54 Å². The number of H-pyrrole nitrogens is 1. The van der Waals surface area contributed by atoms with Crippen molar-refractivity contribution in [3.05, 3.63) is 59.4 Å². The van der Waals surface area contributed by atoms with Crippen LogP contribution in [0.25, 0.3) is 11.0 Å². The zero-order valence-corrected chi connectivity index (χ0v) is 15.3. The second-order valence-corrected chi connectivity index (χ2v) is 8.59. The Morgan fingerprint density at radius 3 is 2.62 bits per heavy atom. The number of aromatic nitrogens is 2. The van der Waals surface area contributed by atoms with Crippen molar-refractivity contribution in [2.24, 2.45) is 0 Å². The maximum atomic E-state index is 13.3. The van der Waals surface area contributed by atoms with E-state index in [9.17, 15) is 13.2 Å². The summed E-state index contributed by atoms with van der Waals surface area (Å²) >= 11 is 5.94. The van der Waals surface area contributed by atoms with Gasteiger partial charge in [-0.15, -0.1) is 0 Å². The third-order valence-corrected chi connectivity index (χ3v) is 6.72. The Morgan fingerprint density at radius 2 is 1.92 bits per heavy atom. The number of hydrogen-bond donors (Lipinski definition) is 1. The van der Waals surface area contributed by atoms with Crippen LogP contribution in [0.2, 0.25) is 5.15 Å². The zero-order chi connectivity index (χ0) is 18.3. The summed E-state index contributed by atoms with van der Waals surface area (Å²) < 4.78 is 26.7.